The molecule has 0 saturated heterocycles. The van der Waals surface area contributed by atoms with Crippen molar-refractivity contribution >= 4 is 17.6 Å². The van der Waals surface area contributed by atoms with Crippen molar-refractivity contribution in [2.24, 2.45) is 0 Å². The third-order valence-electron chi connectivity index (χ3n) is 4.41. The molecule has 0 saturated carbocycles. The Morgan fingerprint density at radius 3 is 2.07 bits per heavy atom. The van der Waals surface area contributed by atoms with Gasteiger partial charge in [-0.05, 0) is 58.7 Å². The Hall–Kier alpha value is -3.02. The van der Waals surface area contributed by atoms with Crippen LogP contribution in [-0.2, 0) is 16.0 Å². The van der Waals surface area contributed by atoms with E-state index in [1.807, 2.05) is 58.0 Å². The second kappa shape index (κ2) is 10.7. The van der Waals surface area contributed by atoms with Crippen LogP contribution in [0.2, 0.25) is 0 Å². The fraction of sp³-hybridized carbons (Fsp3) is 0.417. The van der Waals surface area contributed by atoms with Crippen LogP contribution in [0.25, 0.3) is 0 Å². The zero-order chi connectivity index (χ0) is 22.3. The summed E-state index contributed by atoms with van der Waals surface area (Å²) in [5.74, 6) is -0.296. The number of anilines is 1. The second-order valence-electron chi connectivity index (χ2n) is 7.73. The topological polar surface area (TPSA) is 76.1 Å². The summed E-state index contributed by atoms with van der Waals surface area (Å²) in [6.45, 7) is 9.13. The Bertz CT molecular complexity index is 848. The van der Waals surface area contributed by atoms with Gasteiger partial charge in [0.05, 0.1) is 12.2 Å². The molecule has 0 bridgehead atoms. The first-order valence-electron chi connectivity index (χ1n) is 10.2. The number of carboxylic acid groups (broad SMARTS) is 1. The van der Waals surface area contributed by atoms with Crippen molar-refractivity contribution in [2.45, 2.75) is 65.7 Å². The third-order valence-corrected chi connectivity index (χ3v) is 4.41. The number of amides is 1. The number of aryl methyl sites for hydroxylation is 1. The number of carbonyl (C=O) groups is 2. The molecule has 1 amide bonds. The Morgan fingerprint density at radius 1 is 0.900 bits per heavy atom. The number of aliphatic carboxylic acids is 1. The minimum absolute atomic E-state index is 0.0492. The van der Waals surface area contributed by atoms with E-state index in [0.29, 0.717) is 23.6 Å². The first kappa shape index (κ1) is 23.3. The lowest BCUT2D eigenvalue weighted by atomic mass is 10.1. The van der Waals surface area contributed by atoms with Crippen LogP contribution in [0.4, 0.5) is 5.69 Å². The second-order valence-corrected chi connectivity index (χ2v) is 7.73. The Labute approximate surface area is 178 Å². The SMILES string of the molecule is CC(C)Oc1ccc(N(C(=O)CCc2ccccc2)[C@@H](C)C(=O)O)cc1OC(C)C. The molecule has 0 fully saturated rings. The zero-order valence-corrected chi connectivity index (χ0v) is 18.3. The third kappa shape index (κ3) is 6.51. The molecule has 0 radical (unpaired) electrons. The fourth-order valence-corrected chi connectivity index (χ4v) is 3.05. The molecular formula is C24H31NO5. The first-order chi connectivity index (χ1) is 14.2. The maximum atomic E-state index is 13.0. The monoisotopic (exact) mass is 413 g/mol. The summed E-state index contributed by atoms with van der Waals surface area (Å²) >= 11 is 0. The van der Waals surface area contributed by atoms with Crippen molar-refractivity contribution in [1.82, 2.24) is 0 Å². The van der Waals surface area contributed by atoms with E-state index in [9.17, 15) is 14.7 Å². The van der Waals surface area contributed by atoms with Crippen LogP contribution in [0.1, 0.15) is 46.6 Å². The Balaban J connectivity index is 2.35. The van der Waals surface area contributed by atoms with E-state index in [1.165, 1.54) is 11.8 Å². The Morgan fingerprint density at radius 2 is 1.50 bits per heavy atom. The summed E-state index contributed by atoms with van der Waals surface area (Å²) in [6, 6.07) is 13.7. The normalized spacial score (nSPS) is 12.0. The molecule has 0 spiro atoms. The number of nitrogens with zero attached hydrogens (tertiary/aromatic N) is 1. The summed E-state index contributed by atoms with van der Waals surface area (Å²) < 4.78 is 11.7. The van der Waals surface area contributed by atoms with Crippen molar-refractivity contribution in [2.75, 3.05) is 4.90 Å². The van der Waals surface area contributed by atoms with Gasteiger partial charge in [-0.15, -0.1) is 0 Å². The molecule has 1 atom stereocenters. The summed E-state index contributed by atoms with van der Waals surface area (Å²) in [4.78, 5) is 26.1. The molecule has 0 unspecified atom stereocenters. The largest absolute Gasteiger partial charge is 0.487 e. The number of carbonyl (C=O) groups excluding carboxylic acids is 1. The molecule has 6 nitrogen and oxygen atoms in total. The van der Waals surface area contributed by atoms with Gasteiger partial charge >= 0.3 is 5.97 Å². The van der Waals surface area contributed by atoms with Crippen LogP contribution in [0.3, 0.4) is 0 Å². The molecule has 1 N–H and O–H groups in total. The van der Waals surface area contributed by atoms with Crippen molar-refractivity contribution in [3.05, 3.63) is 54.1 Å². The van der Waals surface area contributed by atoms with Crippen molar-refractivity contribution in [1.29, 1.82) is 0 Å². The van der Waals surface area contributed by atoms with Gasteiger partial charge in [0.15, 0.2) is 11.5 Å². The van der Waals surface area contributed by atoms with Crippen LogP contribution in [0, 0.1) is 0 Å². The van der Waals surface area contributed by atoms with Gasteiger partial charge < -0.3 is 14.6 Å². The fourth-order valence-electron chi connectivity index (χ4n) is 3.05. The predicted octanol–water partition coefficient (Wildman–Crippen LogP) is 4.70. The zero-order valence-electron chi connectivity index (χ0n) is 18.3. The van der Waals surface area contributed by atoms with E-state index in [0.717, 1.165) is 5.56 Å². The molecule has 0 heterocycles. The standard InChI is InChI=1S/C24H31NO5/c1-16(2)29-21-13-12-20(15-22(21)30-17(3)4)25(18(5)24(27)28)23(26)14-11-19-9-7-6-8-10-19/h6-10,12-13,15-18H,11,14H2,1-5H3,(H,27,28)/t18-/m0/s1. The highest BCUT2D eigenvalue weighted by Gasteiger charge is 2.28. The highest BCUT2D eigenvalue weighted by atomic mass is 16.5. The van der Waals surface area contributed by atoms with E-state index in [2.05, 4.69) is 0 Å². The number of hydrogen-bond acceptors (Lipinski definition) is 4. The van der Waals surface area contributed by atoms with Gasteiger partial charge in [0.2, 0.25) is 5.91 Å². The van der Waals surface area contributed by atoms with E-state index < -0.39 is 12.0 Å². The van der Waals surface area contributed by atoms with Gasteiger partial charge in [0.1, 0.15) is 6.04 Å². The number of ether oxygens (including phenoxy) is 2. The van der Waals surface area contributed by atoms with Gasteiger partial charge in [-0.1, -0.05) is 30.3 Å². The number of hydrogen-bond donors (Lipinski definition) is 1. The maximum Gasteiger partial charge on any atom is 0.326 e. The predicted molar refractivity (Wildman–Crippen MR) is 117 cm³/mol. The maximum absolute atomic E-state index is 13.0. The van der Waals surface area contributed by atoms with Gasteiger partial charge in [0.25, 0.3) is 0 Å². The lowest BCUT2D eigenvalue weighted by molar-refractivity contribution is -0.139. The molecule has 6 heteroatoms. The average Bonchev–Trinajstić information content (AvgIpc) is 2.68. The molecule has 0 aliphatic heterocycles. The van der Waals surface area contributed by atoms with Crippen LogP contribution < -0.4 is 14.4 Å². The minimum atomic E-state index is -1.07. The highest BCUT2D eigenvalue weighted by Crippen LogP contribution is 2.34. The number of carboxylic acids is 1. The molecule has 2 rings (SSSR count). The molecular weight excluding hydrogens is 382 g/mol. The number of rotatable bonds is 10. The smallest absolute Gasteiger partial charge is 0.326 e. The van der Waals surface area contributed by atoms with Crippen LogP contribution in [0.15, 0.2) is 48.5 Å². The summed E-state index contributed by atoms with van der Waals surface area (Å²) in [5.41, 5.74) is 1.49. The molecule has 30 heavy (non-hydrogen) atoms. The van der Waals surface area contributed by atoms with Crippen LogP contribution in [-0.4, -0.2) is 35.2 Å². The van der Waals surface area contributed by atoms with Gasteiger partial charge in [-0.25, -0.2) is 4.79 Å². The van der Waals surface area contributed by atoms with Crippen LogP contribution >= 0.6 is 0 Å². The highest BCUT2D eigenvalue weighted by molar-refractivity contribution is 5.99. The average molecular weight is 414 g/mol. The van der Waals surface area contributed by atoms with Crippen molar-refractivity contribution in [3.63, 3.8) is 0 Å². The summed E-state index contributed by atoms with van der Waals surface area (Å²) in [7, 11) is 0. The molecule has 2 aromatic carbocycles. The minimum Gasteiger partial charge on any atom is -0.487 e. The number of benzene rings is 2. The first-order valence-corrected chi connectivity index (χ1v) is 10.2. The van der Waals surface area contributed by atoms with E-state index in [4.69, 9.17) is 9.47 Å². The van der Waals surface area contributed by atoms with Gasteiger partial charge in [-0.2, -0.15) is 0 Å². The van der Waals surface area contributed by atoms with Crippen LogP contribution in [0.5, 0.6) is 11.5 Å². The summed E-state index contributed by atoms with van der Waals surface area (Å²) in [6.07, 6.45) is 0.583. The van der Waals surface area contributed by atoms with E-state index in [1.54, 1.807) is 18.2 Å². The molecule has 0 aromatic heterocycles. The van der Waals surface area contributed by atoms with Crippen molar-refractivity contribution in [3.8, 4) is 11.5 Å². The molecule has 0 aliphatic rings. The Kier molecular flexibility index (Phi) is 8.27. The van der Waals surface area contributed by atoms with E-state index >= 15 is 0 Å². The summed E-state index contributed by atoms with van der Waals surface area (Å²) in [5, 5.41) is 9.59. The van der Waals surface area contributed by atoms with Gasteiger partial charge in [0, 0.05) is 18.2 Å². The molecule has 2 aromatic rings. The molecule has 162 valence electrons. The van der Waals surface area contributed by atoms with Crippen molar-refractivity contribution < 1.29 is 24.2 Å². The lowest BCUT2D eigenvalue weighted by Gasteiger charge is -2.28. The van der Waals surface area contributed by atoms with Gasteiger partial charge in [-0.3, -0.25) is 9.69 Å². The quantitative estimate of drug-likeness (QED) is 0.611. The van der Waals surface area contributed by atoms with E-state index in [-0.39, 0.29) is 24.5 Å². The lowest BCUT2D eigenvalue weighted by Crippen LogP contribution is -2.43. The molecule has 0 aliphatic carbocycles.